The van der Waals surface area contributed by atoms with Gasteiger partial charge in [-0.1, -0.05) is 48.5 Å². The van der Waals surface area contributed by atoms with E-state index in [1.54, 1.807) is 23.6 Å². The fourth-order valence-corrected chi connectivity index (χ4v) is 5.07. The molecule has 1 heterocycles. The molecule has 166 valence electrons. The smallest absolute Gasteiger partial charge is 0.271 e. The Morgan fingerprint density at radius 1 is 0.636 bits per heavy atom. The number of thiophene rings is 1. The van der Waals surface area contributed by atoms with Crippen LogP contribution >= 0.6 is 11.3 Å². The molecule has 0 saturated carbocycles. The lowest BCUT2D eigenvalue weighted by Gasteiger charge is -2.09. The summed E-state index contributed by atoms with van der Waals surface area (Å²) in [6.07, 6.45) is 0. The molecule has 4 aromatic rings. The lowest BCUT2D eigenvalue weighted by atomic mass is 10.0. The molecule has 0 atom stereocenters. The molecule has 0 fully saturated rings. The second-order valence-corrected chi connectivity index (χ2v) is 9.82. The quantitative estimate of drug-likeness (QED) is 0.360. The Labute approximate surface area is 195 Å². The molecule has 0 aliphatic heterocycles. The zero-order chi connectivity index (χ0) is 23.3. The van der Waals surface area contributed by atoms with E-state index in [1.165, 1.54) is 30.3 Å². The SMILES string of the molecule is O=C(NNC(=O)c1ccc(-c2ccccc2)cc1)c1ccc(NS(=O)(=O)c2cccs2)cc1. The first-order valence-corrected chi connectivity index (χ1v) is 12.2. The highest BCUT2D eigenvalue weighted by Gasteiger charge is 2.15. The summed E-state index contributed by atoms with van der Waals surface area (Å²) >= 11 is 1.11. The van der Waals surface area contributed by atoms with Gasteiger partial charge in [-0.3, -0.25) is 25.2 Å². The van der Waals surface area contributed by atoms with Gasteiger partial charge in [0, 0.05) is 16.8 Å². The molecular formula is C24H19N3O4S2. The molecule has 1 aromatic heterocycles. The van der Waals surface area contributed by atoms with Crippen LogP contribution in [0.5, 0.6) is 0 Å². The summed E-state index contributed by atoms with van der Waals surface area (Å²) < 4.78 is 27.2. The normalized spacial score (nSPS) is 10.9. The van der Waals surface area contributed by atoms with Gasteiger partial charge in [-0.05, 0) is 59.0 Å². The number of hydrogen-bond acceptors (Lipinski definition) is 5. The maximum absolute atomic E-state index is 12.4. The molecule has 3 N–H and O–H groups in total. The average molecular weight is 478 g/mol. The van der Waals surface area contributed by atoms with E-state index in [1.807, 2.05) is 42.5 Å². The highest BCUT2D eigenvalue weighted by Crippen LogP contribution is 2.21. The van der Waals surface area contributed by atoms with Crippen LogP contribution in [0.4, 0.5) is 5.69 Å². The lowest BCUT2D eigenvalue weighted by Crippen LogP contribution is -2.41. The Morgan fingerprint density at radius 3 is 1.73 bits per heavy atom. The van der Waals surface area contributed by atoms with Crippen LogP contribution in [-0.2, 0) is 10.0 Å². The largest absolute Gasteiger partial charge is 0.279 e. The summed E-state index contributed by atoms with van der Waals surface area (Å²) in [4.78, 5) is 24.7. The van der Waals surface area contributed by atoms with Gasteiger partial charge in [0.15, 0.2) is 0 Å². The number of amides is 2. The maximum Gasteiger partial charge on any atom is 0.271 e. The molecule has 0 spiro atoms. The van der Waals surface area contributed by atoms with Crippen molar-refractivity contribution in [3.8, 4) is 11.1 Å². The van der Waals surface area contributed by atoms with Gasteiger partial charge in [0.25, 0.3) is 21.8 Å². The van der Waals surface area contributed by atoms with Gasteiger partial charge < -0.3 is 0 Å². The van der Waals surface area contributed by atoms with Gasteiger partial charge in [0.2, 0.25) is 0 Å². The van der Waals surface area contributed by atoms with E-state index >= 15 is 0 Å². The Kier molecular flexibility index (Phi) is 6.53. The van der Waals surface area contributed by atoms with E-state index < -0.39 is 21.8 Å². The van der Waals surface area contributed by atoms with E-state index in [0.29, 0.717) is 11.3 Å². The Hall–Kier alpha value is -3.95. The first-order valence-electron chi connectivity index (χ1n) is 9.85. The molecule has 33 heavy (non-hydrogen) atoms. The number of hydrazine groups is 1. The van der Waals surface area contributed by atoms with E-state index in [2.05, 4.69) is 15.6 Å². The summed E-state index contributed by atoms with van der Waals surface area (Å²) in [7, 11) is -3.67. The summed E-state index contributed by atoms with van der Waals surface area (Å²) in [6, 6.07) is 25.8. The fourth-order valence-electron chi connectivity index (χ4n) is 3.01. The van der Waals surface area contributed by atoms with E-state index in [-0.39, 0.29) is 9.77 Å². The third-order valence-electron chi connectivity index (χ3n) is 4.70. The molecule has 9 heteroatoms. The van der Waals surface area contributed by atoms with Crippen LogP contribution in [0, 0.1) is 0 Å². The lowest BCUT2D eigenvalue weighted by molar-refractivity contribution is 0.0846. The summed E-state index contributed by atoms with van der Waals surface area (Å²) in [5.41, 5.74) is 7.73. The molecule has 0 radical (unpaired) electrons. The molecular weight excluding hydrogens is 458 g/mol. The molecule has 0 aliphatic rings. The van der Waals surface area contributed by atoms with Crippen LogP contribution < -0.4 is 15.6 Å². The maximum atomic E-state index is 12.4. The molecule has 0 bridgehead atoms. The van der Waals surface area contributed by atoms with Crippen LogP contribution in [0.1, 0.15) is 20.7 Å². The Morgan fingerprint density at radius 2 is 1.18 bits per heavy atom. The number of rotatable bonds is 6. The average Bonchev–Trinajstić information content (AvgIpc) is 3.40. The highest BCUT2D eigenvalue weighted by atomic mass is 32.2. The third kappa shape index (κ3) is 5.46. The molecule has 3 aromatic carbocycles. The molecule has 0 aliphatic carbocycles. The summed E-state index contributed by atoms with van der Waals surface area (Å²) in [5.74, 6) is -0.986. The molecule has 0 saturated heterocycles. The molecule has 4 rings (SSSR count). The Bertz CT molecular complexity index is 1350. The minimum atomic E-state index is -3.67. The predicted molar refractivity (Wildman–Crippen MR) is 128 cm³/mol. The van der Waals surface area contributed by atoms with Gasteiger partial charge in [-0.15, -0.1) is 11.3 Å². The van der Waals surface area contributed by atoms with E-state index in [0.717, 1.165) is 22.5 Å². The fraction of sp³-hybridized carbons (Fsp3) is 0. The van der Waals surface area contributed by atoms with Crippen molar-refractivity contribution in [1.29, 1.82) is 0 Å². The monoisotopic (exact) mass is 477 g/mol. The first-order chi connectivity index (χ1) is 15.9. The van der Waals surface area contributed by atoms with Crippen LogP contribution in [-0.4, -0.2) is 20.2 Å². The van der Waals surface area contributed by atoms with Crippen molar-refractivity contribution in [3.05, 3.63) is 108 Å². The van der Waals surface area contributed by atoms with Crippen LogP contribution in [0.3, 0.4) is 0 Å². The van der Waals surface area contributed by atoms with Gasteiger partial charge >= 0.3 is 0 Å². The highest BCUT2D eigenvalue weighted by molar-refractivity contribution is 7.94. The zero-order valence-corrected chi connectivity index (χ0v) is 18.8. The molecule has 2 amide bonds. The van der Waals surface area contributed by atoms with Gasteiger partial charge in [-0.2, -0.15) is 0 Å². The number of hydrogen-bond donors (Lipinski definition) is 3. The standard InChI is InChI=1S/C24H19N3O4S2/c28-23(19-10-8-18(9-11-19)17-5-2-1-3-6-17)25-26-24(29)20-12-14-21(15-13-20)27-33(30,31)22-7-4-16-32-22/h1-16,27H,(H,25,28)(H,26,29). The van der Waals surface area contributed by atoms with Gasteiger partial charge in [0.05, 0.1) is 0 Å². The summed E-state index contributed by atoms with van der Waals surface area (Å²) in [5, 5.41) is 1.67. The minimum Gasteiger partial charge on any atom is -0.279 e. The molecule has 0 unspecified atom stereocenters. The zero-order valence-electron chi connectivity index (χ0n) is 17.2. The van der Waals surface area contributed by atoms with E-state index in [4.69, 9.17) is 0 Å². The number of anilines is 1. The number of nitrogens with one attached hydrogen (secondary N) is 3. The second-order valence-electron chi connectivity index (χ2n) is 6.97. The van der Waals surface area contributed by atoms with Crippen molar-refractivity contribution < 1.29 is 18.0 Å². The second kappa shape index (κ2) is 9.68. The van der Waals surface area contributed by atoms with Crippen molar-refractivity contribution in [1.82, 2.24) is 10.9 Å². The van der Waals surface area contributed by atoms with Crippen molar-refractivity contribution >= 4 is 38.9 Å². The van der Waals surface area contributed by atoms with Crippen molar-refractivity contribution in [2.75, 3.05) is 4.72 Å². The van der Waals surface area contributed by atoms with Crippen LogP contribution in [0.25, 0.3) is 11.1 Å². The predicted octanol–water partition coefficient (Wildman–Crippen LogP) is 4.29. The Balaban J connectivity index is 1.33. The number of benzene rings is 3. The van der Waals surface area contributed by atoms with Gasteiger partial charge in [0.1, 0.15) is 4.21 Å². The first kappa shape index (κ1) is 22.3. The molecule has 7 nitrogen and oxygen atoms in total. The van der Waals surface area contributed by atoms with Crippen molar-refractivity contribution in [2.45, 2.75) is 4.21 Å². The van der Waals surface area contributed by atoms with Crippen LogP contribution in [0.15, 0.2) is 101 Å². The number of sulfonamides is 1. The topological polar surface area (TPSA) is 104 Å². The number of carbonyl (C=O) groups is 2. The van der Waals surface area contributed by atoms with Crippen LogP contribution in [0.2, 0.25) is 0 Å². The summed E-state index contributed by atoms with van der Waals surface area (Å²) in [6.45, 7) is 0. The third-order valence-corrected chi connectivity index (χ3v) is 7.48. The number of carbonyl (C=O) groups excluding carboxylic acids is 2. The van der Waals surface area contributed by atoms with Crippen molar-refractivity contribution in [2.24, 2.45) is 0 Å². The van der Waals surface area contributed by atoms with Crippen molar-refractivity contribution in [3.63, 3.8) is 0 Å². The minimum absolute atomic E-state index is 0.198. The van der Waals surface area contributed by atoms with E-state index in [9.17, 15) is 18.0 Å². The van der Waals surface area contributed by atoms with Gasteiger partial charge in [-0.25, -0.2) is 8.42 Å².